The number of hydrogen-bond donors (Lipinski definition) is 3. The Morgan fingerprint density at radius 1 is 0.587 bits per heavy atom. The first-order valence-electron chi connectivity index (χ1n) is 20.4. The van der Waals surface area contributed by atoms with E-state index in [1.807, 2.05) is 79.7 Å². The highest BCUT2D eigenvalue weighted by Crippen LogP contribution is 2.34. The number of benzene rings is 6. The van der Waals surface area contributed by atoms with Crippen molar-refractivity contribution >= 4 is 54.7 Å². The van der Waals surface area contributed by atoms with Gasteiger partial charge >= 0.3 is 5.97 Å². The smallest absolute Gasteiger partial charge is 0.337 e. The van der Waals surface area contributed by atoms with Crippen LogP contribution < -0.4 is 16.4 Å². The van der Waals surface area contributed by atoms with Gasteiger partial charge in [-0.2, -0.15) is 8.61 Å². The molecule has 6 aromatic rings. The van der Waals surface area contributed by atoms with Crippen LogP contribution in [0.2, 0.25) is 0 Å². The van der Waals surface area contributed by atoms with Gasteiger partial charge in [-0.15, -0.1) is 0 Å². The highest BCUT2D eigenvalue weighted by molar-refractivity contribution is 7.88. The van der Waals surface area contributed by atoms with Gasteiger partial charge in [0, 0.05) is 54.5 Å². The minimum Gasteiger partial charge on any atom is -0.465 e. The molecule has 0 aliphatic carbocycles. The first-order valence-corrected chi connectivity index (χ1v) is 24.1. The molecule has 63 heavy (non-hydrogen) atoms. The maximum Gasteiger partial charge on any atom is 0.337 e. The molecule has 14 heteroatoms. The number of rotatable bonds is 10. The number of nitrogens with two attached hydrogens (primary N) is 1. The number of esters is 1. The normalized spacial score (nSPS) is 14.0. The SMILES string of the molecule is COC(=O)c1ccc(-c2cc(Nc3cccc4c3CCN(S(C)(=O)=O)C4)ccc2C)cc1.Cc1ccc(Nc2cccc3c2CCN(S(C)(=O)=O)C3)cc1-c1ccc(C(N)=O)cc1. The van der Waals surface area contributed by atoms with Crippen molar-refractivity contribution in [1.82, 2.24) is 8.61 Å². The third kappa shape index (κ3) is 10.5. The number of aryl methyl sites for hydroxylation is 2. The summed E-state index contributed by atoms with van der Waals surface area (Å²) in [6.07, 6.45) is 3.84. The van der Waals surface area contributed by atoms with Gasteiger partial charge < -0.3 is 21.1 Å². The van der Waals surface area contributed by atoms with Gasteiger partial charge in [0.2, 0.25) is 26.0 Å². The molecule has 2 heterocycles. The van der Waals surface area contributed by atoms with Crippen molar-refractivity contribution in [3.8, 4) is 22.3 Å². The number of fused-ring (bicyclic) bond motifs is 2. The van der Waals surface area contributed by atoms with E-state index in [0.717, 1.165) is 78.4 Å². The third-order valence-electron chi connectivity index (χ3n) is 11.5. The molecule has 2 aliphatic rings. The highest BCUT2D eigenvalue weighted by Gasteiger charge is 2.26. The summed E-state index contributed by atoms with van der Waals surface area (Å²) in [6.45, 7) is 5.86. The second kappa shape index (κ2) is 18.6. The zero-order valence-electron chi connectivity index (χ0n) is 35.9. The standard InChI is InChI=1S/C25H26N2O4S.C24H25N3O3S/c1-17-7-12-21(15-23(17)18-8-10-19(11-9-18)25(28)31-2)26-24-6-4-5-20-16-27(32(3,29)30)14-13-22(20)24;1-16-6-11-20(14-22(16)17-7-9-18(10-8-17)24(25)28)26-23-5-3-4-19-15-27(31(2,29)30)13-12-21(19)23/h4-12,15,26H,13-14,16H2,1-3H3;3-11,14,26H,12-13,15H2,1-2H3,(H2,25,28). The lowest BCUT2D eigenvalue weighted by Crippen LogP contribution is -2.35. The van der Waals surface area contributed by atoms with E-state index >= 15 is 0 Å². The van der Waals surface area contributed by atoms with Crippen LogP contribution in [0, 0.1) is 13.8 Å². The van der Waals surface area contributed by atoms with Gasteiger partial charge in [0.05, 0.1) is 25.2 Å². The minimum absolute atomic E-state index is 0.355. The Morgan fingerprint density at radius 3 is 1.38 bits per heavy atom. The Bertz CT molecular complexity index is 2920. The van der Waals surface area contributed by atoms with Crippen molar-refractivity contribution in [2.45, 2.75) is 39.8 Å². The van der Waals surface area contributed by atoms with Crippen LogP contribution in [-0.4, -0.2) is 70.0 Å². The van der Waals surface area contributed by atoms with E-state index in [1.54, 1.807) is 24.3 Å². The Kier molecular flexibility index (Phi) is 13.2. The summed E-state index contributed by atoms with van der Waals surface area (Å²) < 4.78 is 55.5. The van der Waals surface area contributed by atoms with Gasteiger partial charge in [-0.1, -0.05) is 60.7 Å². The van der Waals surface area contributed by atoms with Gasteiger partial charge in [-0.25, -0.2) is 21.6 Å². The van der Waals surface area contributed by atoms with Gasteiger partial charge in [0.15, 0.2) is 0 Å². The summed E-state index contributed by atoms with van der Waals surface area (Å²) in [4.78, 5) is 23.1. The van der Waals surface area contributed by atoms with Crippen molar-refractivity contribution in [3.63, 3.8) is 0 Å². The van der Waals surface area contributed by atoms with Crippen LogP contribution in [0.15, 0.2) is 121 Å². The quantitative estimate of drug-likeness (QED) is 0.115. The molecule has 326 valence electrons. The topological polar surface area (TPSA) is 168 Å². The number of anilines is 4. The van der Waals surface area contributed by atoms with Crippen LogP contribution in [-0.2, 0) is 50.7 Å². The van der Waals surface area contributed by atoms with Crippen LogP contribution in [0.5, 0.6) is 0 Å². The zero-order valence-corrected chi connectivity index (χ0v) is 37.6. The van der Waals surface area contributed by atoms with Crippen molar-refractivity contribution in [2.24, 2.45) is 5.73 Å². The van der Waals surface area contributed by atoms with Crippen LogP contribution in [0.25, 0.3) is 22.3 Å². The molecule has 6 aromatic carbocycles. The number of amides is 1. The predicted molar refractivity (Wildman–Crippen MR) is 250 cm³/mol. The number of sulfonamides is 2. The number of primary amides is 1. The number of ether oxygens (including phenoxy) is 1. The lowest BCUT2D eigenvalue weighted by atomic mass is 9.97. The second-order valence-electron chi connectivity index (χ2n) is 15.9. The lowest BCUT2D eigenvalue weighted by Gasteiger charge is -2.28. The first-order chi connectivity index (χ1) is 30.0. The average Bonchev–Trinajstić information content (AvgIpc) is 3.27. The van der Waals surface area contributed by atoms with Crippen molar-refractivity contribution < 1.29 is 31.2 Å². The Balaban J connectivity index is 0.000000189. The molecule has 0 fully saturated rings. The summed E-state index contributed by atoms with van der Waals surface area (Å²) >= 11 is 0. The zero-order chi connectivity index (χ0) is 45.1. The van der Waals surface area contributed by atoms with E-state index in [-0.39, 0.29) is 5.97 Å². The lowest BCUT2D eigenvalue weighted by molar-refractivity contribution is 0.0600. The Hall–Kier alpha value is -6.32. The molecule has 0 atom stereocenters. The van der Waals surface area contributed by atoms with E-state index in [0.29, 0.717) is 50.1 Å². The number of hydrogen-bond acceptors (Lipinski definition) is 9. The van der Waals surface area contributed by atoms with Gasteiger partial charge in [0.25, 0.3) is 0 Å². The largest absolute Gasteiger partial charge is 0.465 e. The van der Waals surface area contributed by atoms with Crippen molar-refractivity contribution in [3.05, 3.63) is 166 Å². The van der Waals surface area contributed by atoms with Crippen LogP contribution >= 0.6 is 0 Å². The van der Waals surface area contributed by atoms with Crippen molar-refractivity contribution in [2.75, 3.05) is 43.3 Å². The van der Waals surface area contributed by atoms with Gasteiger partial charge in [0.1, 0.15) is 0 Å². The molecule has 1 amide bonds. The maximum atomic E-state index is 11.9. The number of nitrogens with one attached hydrogen (secondary N) is 2. The number of carbonyl (C=O) groups is 2. The molecule has 0 radical (unpaired) electrons. The maximum absolute atomic E-state index is 11.9. The highest BCUT2D eigenvalue weighted by atomic mass is 32.2. The molecule has 2 aliphatic heterocycles. The first kappa shape index (κ1) is 44.7. The molecule has 4 N–H and O–H groups in total. The number of nitrogens with zero attached hydrogens (tertiary/aromatic N) is 2. The second-order valence-corrected chi connectivity index (χ2v) is 19.9. The molecule has 0 unspecified atom stereocenters. The summed E-state index contributed by atoms with van der Waals surface area (Å²) in [7, 11) is -5.04. The third-order valence-corrected chi connectivity index (χ3v) is 14.0. The van der Waals surface area contributed by atoms with Crippen LogP contribution in [0.3, 0.4) is 0 Å². The van der Waals surface area contributed by atoms with Crippen molar-refractivity contribution in [1.29, 1.82) is 0 Å². The van der Waals surface area contributed by atoms with E-state index in [9.17, 15) is 26.4 Å². The molecule has 0 aromatic heterocycles. The fraction of sp³-hybridized carbons (Fsp3) is 0.224. The van der Waals surface area contributed by atoms with E-state index in [4.69, 9.17) is 10.5 Å². The van der Waals surface area contributed by atoms with Gasteiger partial charge in [-0.3, -0.25) is 4.79 Å². The monoisotopic (exact) mass is 885 g/mol. The average molecular weight is 886 g/mol. The Morgan fingerprint density at radius 2 is 1.00 bits per heavy atom. The molecule has 0 saturated heterocycles. The molecule has 0 spiro atoms. The van der Waals surface area contributed by atoms with Crippen LogP contribution in [0.1, 0.15) is 54.1 Å². The molecular formula is C49H51N5O7S2. The number of carbonyl (C=O) groups excluding carboxylic acids is 2. The van der Waals surface area contributed by atoms with Crippen LogP contribution in [0.4, 0.5) is 22.7 Å². The van der Waals surface area contributed by atoms with E-state index < -0.39 is 26.0 Å². The Labute approximate surface area is 369 Å². The summed E-state index contributed by atoms with van der Waals surface area (Å²) in [5.41, 5.74) is 21.0. The molecule has 12 nitrogen and oxygen atoms in total. The molecule has 0 bridgehead atoms. The van der Waals surface area contributed by atoms with E-state index in [2.05, 4.69) is 41.8 Å². The molecular weight excluding hydrogens is 835 g/mol. The fourth-order valence-corrected chi connectivity index (χ4v) is 9.61. The van der Waals surface area contributed by atoms with E-state index in [1.165, 1.54) is 28.2 Å². The summed E-state index contributed by atoms with van der Waals surface area (Å²) in [6, 6.07) is 38.9. The fourth-order valence-electron chi connectivity index (χ4n) is 8.02. The van der Waals surface area contributed by atoms with Gasteiger partial charge in [-0.05, 0) is 143 Å². The predicted octanol–water partition coefficient (Wildman–Crippen LogP) is 8.33. The molecule has 8 rings (SSSR count). The minimum atomic E-state index is -3.21. The molecule has 0 saturated carbocycles. The summed E-state index contributed by atoms with van der Waals surface area (Å²) in [5.74, 6) is -0.797. The number of methoxy groups -OCH3 is 1. The summed E-state index contributed by atoms with van der Waals surface area (Å²) in [5, 5.41) is 7.03.